The average molecular weight is 169 g/mol. The Hall–Kier alpha value is -0.570. The van der Waals surface area contributed by atoms with Crippen LogP contribution in [0.15, 0.2) is 0 Å². The third kappa shape index (κ3) is 1.33. The summed E-state index contributed by atoms with van der Waals surface area (Å²) in [6.07, 6.45) is 4.64. The van der Waals surface area contributed by atoms with E-state index in [1.165, 1.54) is 19.3 Å². The topological polar surface area (TPSA) is 49.3 Å². The second-order valence-electron chi connectivity index (χ2n) is 3.98. The summed E-state index contributed by atoms with van der Waals surface area (Å²) in [7, 11) is 0. The van der Waals surface area contributed by atoms with Gasteiger partial charge in [-0.25, -0.2) is 0 Å². The molecule has 3 atom stereocenters. The SMILES string of the molecule is O=C(O)C1CNC2CCCC2C1. The number of hydrogen-bond acceptors (Lipinski definition) is 2. The van der Waals surface area contributed by atoms with Gasteiger partial charge in [-0.05, 0) is 25.2 Å². The van der Waals surface area contributed by atoms with Crippen molar-refractivity contribution in [1.82, 2.24) is 5.32 Å². The van der Waals surface area contributed by atoms with Gasteiger partial charge in [0.2, 0.25) is 0 Å². The quantitative estimate of drug-likeness (QED) is 0.611. The molecule has 2 aliphatic rings. The second kappa shape index (κ2) is 3.05. The monoisotopic (exact) mass is 169 g/mol. The minimum Gasteiger partial charge on any atom is -0.481 e. The largest absolute Gasteiger partial charge is 0.481 e. The van der Waals surface area contributed by atoms with Gasteiger partial charge in [0, 0.05) is 12.6 Å². The van der Waals surface area contributed by atoms with Crippen LogP contribution in [0.25, 0.3) is 0 Å². The molecule has 0 aromatic carbocycles. The molecule has 2 rings (SSSR count). The lowest BCUT2D eigenvalue weighted by molar-refractivity contribution is -0.143. The molecule has 1 saturated heterocycles. The molecule has 3 nitrogen and oxygen atoms in total. The molecule has 0 bridgehead atoms. The maximum absolute atomic E-state index is 10.7. The number of hydrogen-bond donors (Lipinski definition) is 2. The van der Waals surface area contributed by atoms with E-state index in [-0.39, 0.29) is 5.92 Å². The Morgan fingerprint density at radius 3 is 3.00 bits per heavy atom. The molecule has 3 unspecified atom stereocenters. The van der Waals surface area contributed by atoms with Gasteiger partial charge in [-0.3, -0.25) is 4.79 Å². The Kier molecular flexibility index (Phi) is 2.05. The van der Waals surface area contributed by atoms with E-state index in [0.29, 0.717) is 18.5 Å². The third-order valence-corrected chi connectivity index (χ3v) is 3.22. The van der Waals surface area contributed by atoms with Gasteiger partial charge in [0.15, 0.2) is 0 Å². The molecular weight excluding hydrogens is 154 g/mol. The van der Waals surface area contributed by atoms with Gasteiger partial charge in [0.05, 0.1) is 5.92 Å². The fourth-order valence-corrected chi connectivity index (χ4v) is 2.52. The van der Waals surface area contributed by atoms with Crippen molar-refractivity contribution in [2.75, 3.05) is 6.54 Å². The van der Waals surface area contributed by atoms with Gasteiger partial charge >= 0.3 is 5.97 Å². The molecule has 2 N–H and O–H groups in total. The van der Waals surface area contributed by atoms with E-state index in [0.717, 1.165) is 6.42 Å². The van der Waals surface area contributed by atoms with E-state index in [4.69, 9.17) is 5.11 Å². The fourth-order valence-electron chi connectivity index (χ4n) is 2.52. The molecule has 3 heteroatoms. The Bertz CT molecular complexity index is 193. The van der Waals surface area contributed by atoms with E-state index >= 15 is 0 Å². The van der Waals surface area contributed by atoms with Gasteiger partial charge in [-0.2, -0.15) is 0 Å². The van der Waals surface area contributed by atoms with Crippen molar-refractivity contribution >= 4 is 5.97 Å². The molecule has 1 aliphatic heterocycles. The zero-order valence-corrected chi connectivity index (χ0v) is 7.12. The van der Waals surface area contributed by atoms with E-state index in [9.17, 15) is 4.79 Å². The van der Waals surface area contributed by atoms with Gasteiger partial charge in [-0.1, -0.05) is 6.42 Å². The van der Waals surface area contributed by atoms with Crippen LogP contribution in [0, 0.1) is 11.8 Å². The number of carboxylic acid groups (broad SMARTS) is 1. The summed E-state index contributed by atoms with van der Waals surface area (Å²) in [5.74, 6) is -0.128. The Morgan fingerprint density at radius 2 is 2.25 bits per heavy atom. The molecular formula is C9H15NO2. The van der Waals surface area contributed by atoms with E-state index in [1.54, 1.807) is 0 Å². The van der Waals surface area contributed by atoms with Crippen LogP contribution in [0.3, 0.4) is 0 Å². The predicted molar refractivity (Wildman–Crippen MR) is 44.9 cm³/mol. The Labute approximate surface area is 72.2 Å². The first-order chi connectivity index (χ1) is 5.77. The number of carbonyl (C=O) groups is 1. The molecule has 0 spiro atoms. The van der Waals surface area contributed by atoms with E-state index < -0.39 is 5.97 Å². The zero-order chi connectivity index (χ0) is 8.55. The van der Waals surface area contributed by atoms with Crippen LogP contribution in [0.1, 0.15) is 25.7 Å². The highest BCUT2D eigenvalue weighted by molar-refractivity contribution is 5.70. The first kappa shape index (κ1) is 8.05. The van der Waals surface area contributed by atoms with Crippen molar-refractivity contribution in [2.45, 2.75) is 31.7 Å². The lowest BCUT2D eigenvalue weighted by Gasteiger charge is -2.30. The highest BCUT2D eigenvalue weighted by Gasteiger charge is 2.35. The molecule has 0 aromatic heterocycles. The van der Waals surface area contributed by atoms with Crippen LogP contribution in [-0.2, 0) is 4.79 Å². The lowest BCUT2D eigenvalue weighted by Crippen LogP contribution is -2.44. The fraction of sp³-hybridized carbons (Fsp3) is 0.889. The minimum absolute atomic E-state index is 0.135. The molecule has 0 radical (unpaired) electrons. The Morgan fingerprint density at radius 1 is 1.42 bits per heavy atom. The first-order valence-electron chi connectivity index (χ1n) is 4.73. The summed E-state index contributed by atoms with van der Waals surface area (Å²) in [6.45, 7) is 0.677. The van der Waals surface area contributed by atoms with Gasteiger partial charge in [-0.15, -0.1) is 0 Å². The number of fused-ring (bicyclic) bond motifs is 1. The van der Waals surface area contributed by atoms with Crippen molar-refractivity contribution in [1.29, 1.82) is 0 Å². The van der Waals surface area contributed by atoms with Gasteiger partial charge < -0.3 is 10.4 Å². The van der Waals surface area contributed by atoms with Crippen molar-refractivity contribution in [3.05, 3.63) is 0 Å². The van der Waals surface area contributed by atoms with Crippen LogP contribution < -0.4 is 5.32 Å². The lowest BCUT2D eigenvalue weighted by atomic mass is 9.86. The van der Waals surface area contributed by atoms with E-state index in [1.807, 2.05) is 0 Å². The average Bonchev–Trinajstić information content (AvgIpc) is 2.49. The van der Waals surface area contributed by atoms with Crippen molar-refractivity contribution in [3.8, 4) is 0 Å². The summed E-state index contributed by atoms with van der Waals surface area (Å²) in [4.78, 5) is 10.7. The molecule has 2 fully saturated rings. The highest BCUT2D eigenvalue weighted by atomic mass is 16.4. The molecule has 1 saturated carbocycles. The standard InChI is InChI=1S/C9H15NO2/c11-9(12)7-4-6-2-1-3-8(6)10-5-7/h6-8,10H,1-5H2,(H,11,12). The minimum atomic E-state index is -0.632. The molecule has 68 valence electrons. The molecule has 12 heavy (non-hydrogen) atoms. The van der Waals surface area contributed by atoms with E-state index in [2.05, 4.69) is 5.32 Å². The molecule has 1 heterocycles. The smallest absolute Gasteiger partial charge is 0.307 e. The summed E-state index contributed by atoms with van der Waals surface area (Å²) in [5, 5.41) is 12.1. The van der Waals surface area contributed by atoms with Crippen molar-refractivity contribution < 1.29 is 9.90 Å². The zero-order valence-electron chi connectivity index (χ0n) is 7.12. The van der Waals surface area contributed by atoms with Gasteiger partial charge in [0.1, 0.15) is 0 Å². The maximum atomic E-state index is 10.7. The van der Waals surface area contributed by atoms with Crippen LogP contribution >= 0.6 is 0 Å². The van der Waals surface area contributed by atoms with Crippen molar-refractivity contribution in [3.63, 3.8) is 0 Å². The maximum Gasteiger partial charge on any atom is 0.307 e. The normalized spacial score (nSPS) is 40.8. The van der Waals surface area contributed by atoms with Crippen molar-refractivity contribution in [2.24, 2.45) is 11.8 Å². The second-order valence-corrected chi connectivity index (χ2v) is 3.98. The molecule has 1 aliphatic carbocycles. The highest BCUT2D eigenvalue weighted by Crippen LogP contribution is 2.33. The van der Waals surface area contributed by atoms with Crippen LogP contribution in [-0.4, -0.2) is 23.7 Å². The number of piperidine rings is 1. The number of rotatable bonds is 1. The number of aliphatic carboxylic acids is 1. The number of carboxylic acids is 1. The summed E-state index contributed by atoms with van der Waals surface area (Å²) in [6, 6.07) is 0.626. The summed E-state index contributed by atoms with van der Waals surface area (Å²) in [5.41, 5.74) is 0. The first-order valence-corrected chi connectivity index (χ1v) is 4.73. The summed E-state index contributed by atoms with van der Waals surface area (Å²) >= 11 is 0. The third-order valence-electron chi connectivity index (χ3n) is 3.22. The molecule has 0 aromatic rings. The van der Waals surface area contributed by atoms with Gasteiger partial charge in [0.25, 0.3) is 0 Å². The Balaban J connectivity index is 1.96. The molecule has 0 amide bonds. The van der Waals surface area contributed by atoms with Crippen LogP contribution in [0.4, 0.5) is 0 Å². The summed E-state index contributed by atoms with van der Waals surface area (Å²) < 4.78 is 0. The number of nitrogens with one attached hydrogen (secondary N) is 1. The van der Waals surface area contributed by atoms with Crippen LogP contribution in [0.2, 0.25) is 0 Å². The predicted octanol–water partition coefficient (Wildman–Crippen LogP) is 0.849. The van der Waals surface area contributed by atoms with Crippen LogP contribution in [0.5, 0.6) is 0 Å².